The Morgan fingerprint density at radius 3 is 2.77 bits per heavy atom. The Balaban J connectivity index is 3.22. The van der Waals surface area contributed by atoms with E-state index in [0.29, 0.717) is 0 Å². The summed E-state index contributed by atoms with van der Waals surface area (Å²) in [6.45, 7) is 4.02. The lowest BCUT2D eigenvalue weighted by Crippen LogP contribution is -1.97. The van der Waals surface area contributed by atoms with Crippen LogP contribution in [-0.4, -0.2) is 0 Å². The van der Waals surface area contributed by atoms with Crippen molar-refractivity contribution in [1.29, 1.82) is 5.26 Å². The van der Waals surface area contributed by atoms with Crippen molar-refractivity contribution in [2.24, 2.45) is 0 Å². The molecule has 1 nitrogen and oxygen atoms in total. The standard InChI is InChI=1S/C11H12FN/c1-3-8(2)9-5-4-6-11(12)10(9)7-13/h4-6,8H,3H2,1-2H3. The molecule has 1 rings (SSSR count). The minimum atomic E-state index is -0.416. The highest BCUT2D eigenvalue weighted by atomic mass is 19.1. The molecule has 0 spiro atoms. The molecule has 0 fully saturated rings. The van der Waals surface area contributed by atoms with E-state index in [-0.39, 0.29) is 11.5 Å². The van der Waals surface area contributed by atoms with Gasteiger partial charge >= 0.3 is 0 Å². The maximum absolute atomic E-state index is 13.1. The van der Waals surface area contributed by atoms with Crippen molar-refractivity contribution < 1.29 is 4.39 Å². The van der Waals surface area contributed by atoms with Crippen molar-refractivity contribution in [2.75, 3.05) is 0 Å². The van der Waals surface area contributed by atoms with Crippen molar-refractivity contribution in [3.05, 3.63) is 35.1 Å². The van der Waals surface area contributed by atoms with Crippen molar-refractivity contribution >= 4 is 0 Å². The number of nitrogens with zero attached hydrogens (tertiary/aromatic N) is 1. The normalized spacial score (nSPS) is 12.2. The Bertz CT molecular complexity index is 338. The largest absolute Gasteiger partial charge is 0.206 e. The molecule has 0 amide bonds. The van der Waals surface area contributed by atoms with Crippen molar-refractivity contribution in [1.82, 2.24) is 0 Å². The average molecular weight is 177 g/mol. The molecule has 1 atom stereocenters. The third kappa shape index (κ3) is 1.86. The van der Waals surface area contributed by atoms with Crippen LogP contribution in [0.2, 0.25) is 0 Å². The van der Waals surface area contributed by atoms with Gasteiger partial charge in [-0.2, -0.15) is 5.26 Å². The molecule has 1 aromatic carbocycles. The lowest BCUT2D eigenvalue weighted by Gasteiger charge is -2.10. The van der Waals surface area contributed by atoms with E-state index in [1.165, 1.54) is 6.07 Å². The van der Waals surface area contributed by atoms with E-state index in [4.69, 9.17) is 5.26 Å². The molecule has 0 bridgehead atoms. The van der Waals surface area contributed by atoms with Crippen LogP contribution in [0, 0.1) is 17.1 Å². The number of rotatable bonds is 2. The van der Waals surface area contributed by atoms with Gasteiger partial charge in [-0.15, -0.1) is 0 Å². The third-order valence-corrected chi connectivity index (χ3v) is 2.30. The van der Waals surface area contributed by atoms with Crippen LogP contribution in [0.4, 0.5) is 4.39 Å². The second-order valence-electron chi connectivity index (χ2n) is 3.13. The fourth-order valence-electron chi connectivity index (χ4n) is 1.29. The minimum absolute atomic E-state index is 0.192. The van der Waals surface area contributed by atoms with Gasteiger partial charge in [-0.05, 0) is 24.0 Å². The topological polar surface area (TPSA) is 23.8 Å². The Morgan fingerprint density at radius 1 is 1.54 bits per heavy atom. The second kappa shape index (κ2) is 4.04. The lowest BCUT2D eigenvalue weighted by molar-refractivity contribution is 0.615. The Morgan fingerprint density at radius 2 is 2.23 bits per heavy atom. The van der Waals surface area contributed by atoms with E-state index in [1.54, 1.807) is 6.07 Å². The molecular formula is C11H12FN. The fourth-order valence-corrected chi connectivity index (χ4v) is 1.29. The SMILES string of the molecule is CCC(C)c1cccc(F)c1C#N. The van der Waals surface area contributed by atoms with Gasteiger partial charge in [0.05, 0.1) is 5.56 Å². The van der Waals surface area contributed by atoms with Gasteiger partial charge in [0.1, 0.15) is 11.9 Å². The monoisotopic (exact) mass is 177 g/mol. The zero-order valence-electron chi connectivity index (χ0n) is 7.84. The van der Waals surface area contributed by atoms with Gasteiger partial charge < -0.3 is 0 Å². The summed E-state index contributed by atoms with van der Waals surface area (Å²) in [6, 6.07) is 6.69. The number of halogens is 1. The first-order valence-corrected chi connectivity index (χ1v) is 4.39. The maximum atomic E-state index is 13.1. The van der Waals surface area contributed by atoms with E-state index < -0.39 is 5.82 Å². The van der Waals surface area contributed by atoms with Crippen molar-refractivity contribution in [3.63, 3.8) is 0 Å². The first-order valence-electron chi connectivity index (χ1n) is 4.39. The van der Waals surface area contributed by atoms with Crippen molar-refractivity contribution in [3.8, 4) is 6.07 Å². The molecule has 13 heavy (non-hydrogen) atoms. The molecule has 0 radical (unpaired) electrons. The van der Waals surface area contributed by atoms with E-state index in [9.17, 15) is 4.39 Å². The van der Waals surface area contributed by atoms with Gasteiger partial charge in [0.25, 0.3) is 0 Å². The van der Waals surface area contributed by atoms with Gasteiger partial charge in [0.2, 0.25) is 0 Å². The van der Waals surface area contributed by atoms with Crippen LogP contribution in [0.3, 0.4) is 0 Å². The number of hydrogen-bond donors (Lipinski definition) is 0. The molecule has 0 aromatic heterocycles. The summed E-state index contributed by atoms with van der Waals surface area (Å²) in [6.07, 6.45) is 0.915. The van der Waals surface area contributed by atoms with E-state index in [1.807, 2.05) is 26.0 Å². The molecule has 0 aliphatic carbocycles. The summed E-state index contributed by atoms with van der Waals surface area (Å²) < 4.78 is 13.1. The zero-order valence-corrected chi connectivity index (χ0v) is 7.84. The van der Waals surface area contributed by atoms with Crippen molar-refractivity contribution in [2.45, 2.75) is 26.2 Å². The molecule has 0 aliphatic heterocycles. The lowest BCUT2D eigenvalue weighted by atomic mass is 9.94. The quantitative estimate of drug-likeness (QED) is 0.680. The van der Waals surface area contributed by atoms with Crippen LogP contribution >= 0.6 is 0 Å². The summed E-state index contributed by atoms with van der Waals surface area (Å²) in [5, 5.41) is 8.75. The predicted octanol–water partition coefficient (Wildman–Crippen LogP) is 3.21. The number of hydrogen-bond acceptors (Lipinski definition) is 1. The molecule has 68 valence electrons. The Labute approximate surface area is 77.8 Å². The van der Waals surface area contributed by atoms with E-state index in [0.717, 1.165) is 12.0 Å². The summed E-state index contributed by atoms with van der Waals surface area (Å²) in [7, 11) is 0. The van der Waals surface area contributed by atoms with Crippen LogP contribution < -0.4 is 0 Å². The molecule has 0 aliphatic rings. The highest BCUT2D eigenvalue weighted by molar-refractivity contribution is 5.40. The fraction of sp³-hybridized carbons (Fsp3) is 0.364. The maximum Gasteiger partial charge on any atom is 0.141 e. The molecular weight excluding hydrogens is 165 g/mol. The summed E-state index contributed by atoms with van der Waals surface area (Å²) >= 11 is 0. The van der Waals surface area contributed by atoms with Gasteiger partial charge in [0.15, 0.2) is 0 Å². The minimum Gasteiger partial charge on any atom is -0.206 e. The molecule has 0 saturated carbocycles. The summed E-state index contributed by atoms with van der Waals surface area (Å²) in [4.78, 5) is 0. The highest BCUT2D eigenvalue weighted by Crippen LogP contribution is 2.23. The van der Waals surface area contributed by atoms with Crippen LogP contribution in [-0.2, 0) is 0 Å². The molecule has 0 heterocycles. The Kier molecular flexibility index (Phi) is 3.02. The van der Waals surface area contributed by atoms with Crippen LogP contribution in [0.1, 0.15) is 37.3 Å². The third-order valence-electron chi connectivity index (χ3n) is 2.30. The molecule has 1 aromatic rings. The number of benzene rings is 1. The summed E-state index contributed by atoms with van der Waals surface area (Å²) in [5.41, 5.74) is 1.00. The van der Waals surface area contributed by atoms with Crippen LogP contribution in [0.25, 0.3) is 0 Å². The second-order valence-corrected chi connectivity index (χ2v) is 3.13. The van der Waals surface area contributed by atoms with Gasteiger partial charge in [-0.25, -0.2) is 4.39 Å². The molecule has 0 N–H and O–H groups in total. The van der Waals surface area contributed by atoms with Gasteiger partial charge in [-0.3, -0.25) is 0 Å². The van der Waals surface area contributed by atoms with Gasteiger partial charge in [-0.1, -0.05) is 26.0 Å². The van der Waals surface area contributed by atoms with Crippen LogP contribution in [0.5, 0.6) is 0 Å². The number of nitriles is 1. The van der Waals surface area contributed by atoms with E-state index in [2.05, 4.69) is 0 Å². The zero-order chi connectivity index (χ0) is 9.84. The van der Waals surface area contributed by atoms with Crippen LogP contribution in [0.15, 0.2) is 18.2 Å². The highest BCUT2D eigenvalue weighted by Gasteiger charge is 2.11. The molecule has 2 heteroatoms. The Hall–Kier alpha value is -1.36. The molecule has 0 saturated heterocycles. The molecule has 1 unspecified atom stereocenters. The first-order chi connectivity index (χ1) is 6.20. The predicted molar refractivity (Wildman–Crippen MR) is 49.8 cm³/mol. The average Bonchev–Trinajstić information content (AvgIpc) is 2.16. The van der Waals surface area contributed by atoms with Gasteiger partial charge in [0, 0.05) is 0 Å². The summed E-state index contributed by atoms with van der Waals surface area (Å²) in [5.74, 6) is -0.175. The smallest absolute Gasteiger partial charge is 0.141 e. The van der Waals surface area contributed by atoms with E-state index >= 15 is 0 Å². The first kappa shape index (κ1) is 9.73.